The Kier molecular flexibility index (Phi) is 4.32. The second kappa shape index (κ2) is 5.64. The van der Waals surface area contributed by atoms with Gasteiger partial charge in [-0.1, -0.05) is 13.8 Å². The molecule has 0 aliphatic rings. The van der Waals surface area contributed by atoms with Crippen LogP contribution in [0.2, 0.25) is 0 Å². The number of thiazole rings is 1. The number of benzene rings is 1. The molecule has 0 spiro atoms. The Morgan fingerprint density at radius 2 is 2.05 bits per heavy atom. The number of hydrogen-bond donors (Lipinski definition) is 1. The molecule has 102 valence electrons. The van der Waals surface area contributed by atoms with Gasteiger partial charge >= 0.3 is 0 Å². The molecule has 0 amide bonds. The van der Waals surface area contributed by atoms with Gasteiger partial charge in [0, 0.05) is 17.0 Å². The fourth-order valence-corrected chi connectivity index (χ4v) is 3.53. The van der Waals surface area contributed by atoms with Crippen LogP contribution in [0.25, 0.3) is 10.6 Å². The van der Waals surface area contributed by atoms with Gasteiger partial charge < -0.3 is 5.73 Å². The molecule has 0 saturated heterocycles. The van der Waals surface area contributed by atoms with Gasteiger partial charge in [-0.25, -0.2) is 13.8 Å². The minimum absolute atomic E-state index is 0.0973. The van der Waals surface area contributed by atoms with Crippen molar-refractivity contribution in [3.05, 3.63) is 38.8 Å². The summed E-state index contributed by atoms with van der Waals surface area (Å²) in [6, 6.07) is 2.62. The molecule has 0 aliphatic heterocycles. The molecule has 1 heterocycles. The van der Waals surface area contributed by atoms with Crippen molar-refractivity contribution in [3.63, 3.8) is 0 Å². The molecular formula is C13H13BrF2N2S. The van der Waals surface area contributed by atoms with Crippen LogP contribution >= 0.6 is 27.3 Å². The Morgan fingerprint density at radius 3 is 2.58 bits per heavy atom. The summed E-state index contributed by atoms with van der Waals surface area (Å²) in [6.45, 7) is 4.45. The van der Waals surface area contributed by atoms with E-state index in [0.717, 1.165) is 16.6 Å². The summed E-state index contributed by atoms with van der Waals surface area (Å²) in [5.41, 5.74) is 7.16. The van der Waals surface area contributed by atoms with Crippen molar-refractivity contribution in [3.8, 4) is 10.6 Å². The van der Waals surface area contributed by atoms with Crippen LogP contribution in [0.3, 0.4) is 0 Å². The van der Waals surface area contributed by atoms with E-state index in [1.54, 1.807) is 0 Å². The number of halogens is 3. The van der Waals surface area contributed by atoms with E-state index in [1.807, 2.05) is 13.8 Å². The maximum absolute atomic E-state index is 13.6. The summed E-state index contributed by atoms with van der Waals surface area (Å²) in [6.07, 6.45) is 0. The van der Waals surface area contributed by atoms with E-state index in [-0.39, 0.29) is 10.4 Å². The fourth-order valence-electron chi connectivity index (χ4n) is 1.77. The van der Waals surface area contributed by atoms with Crippen LogP contribution in [-0.2, 0) is 6.54 Å². The van der Waals surface area contributed by atoms with Crippen molar-refractivity contribution in [1.82, 2.24) is 4.98 Å². The second-order valence-electron chi connectivity index (χ2n) is 4.41. The van der Waals surface area contributed by atoms with E-state index in [2.05, 4.69) is 20.9 Å². The molecule has 2 rings (SSSR count). The minimum Gasteiger partial charge on any atom is -0.326 e. The largest absolute Gasteiger partial charge is 0.326 e. The molecular weight excluding hydrogens is 334 g/mol. The van der Waals surface area contributed by atoms with Crippen molar-refractivity contribution in [2.75, 3.05) is 0 Å². The van der Waals surface area contributed by atoms with Crippen molar-refractivity contribution >= 4 is 27.3 Å². The summed E-state index contributed by atoms with van der Waals surface area (Å²) >= 11 is 4.50. The molecule has 0 radical (unpaired) electrons. The normalized spacial score (nSPS) is 11.3. The predicted molar refractivity (Wildman–Crippen MR) is 77.1 cm³/mol. The molecule has 2 nitrogen and oxygen atoms in total. The molecule has 0 saturated carbocycles. The van der Waals surface area contributed by atoms with Crippen LogP contribution in [0.4, 0.5) is 8.78 Å². The number of nitrogens with two attached hydrogens (primary N) is 1. The molecule has 1 aromatic carbocycles. The van der Waals surface area contributed by atoms with Crippen LogP contribution in [0.5, 0.6) is 0 Å². The van der Waals surface area contributed by atoms with Crippen LogP contribution in [0, 0.1) is 11.6 Å². The molecule has 0 fully saturated rings. The third-order valence-electron chi connectivity index (χ3n) is 2.73. The maximum Gasteiger partial charge on any atom is 0.173 e. The zero-order valence-corrected chi connectivity index (χ0v) is 12.9. The maximum atomic E-state index is 13.6. The van der Waals surface area contributed by atoms with Gasteiger partial charge in [-0.2, -0.15) is 0 Å². The molecule has 0 aliphatic carbocycles. The van der Waals surface area contributed by atoms with Gasteiger partial charge in [-0.05, 0) is 34.0 Å². The SMILES string of the molecule is CC(C)c1nc(-c2ccc(F)c(F)c2Br)sc1CN. The highest BCUT2D eigenvalue weighted by Crippen LogP contribution is 2.36. The van der Waals surface area contributed by atoms with Crippen LogP contribution in [-0.4, -0.2) is 4.98 Å². The first-order valence-corrected chi connectivity index (χ1v) is 7.40. The van der Waals surface area contributed by atoms with E-state index in [0.29, 0.717) is 17.1 Å². The lowest BCUT2D eigenvalue weighted by molar-refractivity contribution is 0.505. The lowest BCUT2D eigenvalue weighted by Crippen LogP contribution is -1.99. The fraction of sp³-hybridized carbons (Fsp3) is 0.308. The van der Waals surface area contributed by atoms with Gasteiger partial charge in [0.05, 0.1) is 10.2 Å². The highest BCUT2D eigenvalue weighted by atomic mass is 79.9. The Hall–Kier alpha value is -0.850. The highest BCUT2D eigenvalue weighted by Gasteiger charge is 2.18. The standard InChI is InChI=1S/C13H13BrF2N2S/c1-6(2)12-9(5-17)19-13(18-12)7-3-4-8(15)11(16)10(7)14/h3-4,6H,5,17H2,1-2H3. The molecule has 1 aromatic heterocycles. The molecule has 19 heavy (non-hydrogen) atoms. The van der Waals surface area contributed by atoms with E-state index < -0.39 is 11.6 Å². The Morgan fingerprint density at radius 1 is 1.37 bits per heavy atom. The lowest BCUT2D eigenvalue weighted by Gasteiger charge is -2.03. The summed E-state index contributed by atoms with van der Waals surface area (Å²) < 4.78 is 26.8. The first-order valence-electron chi connectivity index (χ1n) is 5.79. The van der Waals surface area contributed by atoms with Crippen molar-refractivity contribution in [1.29, 1.82) is 0 Å². The van der Waals surface area contributed by atoms with Crippen LogP contribution in [0.15, 0.2) is 16.6 Å². The van der Waals surface area contributed by atoms with Crippen molar-refractivity contribution in [2.24, 2.45) is 5.73 Å². The van der Waals surface area contributed by atoms with Gasteiger partial charge in [-0.15, -0.1) is 11.3 Å². The Labute approximate surface area is 122 Å². The van der Waals surface area contributed by atoms with Crippen LogP contribution < -0.4 is 5.73 Å². The first-order chi connectivity index (χ1) is 8.95. The third kappa shape index (κ3) is 2.70. The van der Waals surface area contributed by atoms with Gasteiger partial charge in [0.25, 0.3) is 0 Å². The second-order valence-corrected chi connectivity index (χ2v) is 6.29. The topological polar surface area (TPSA) is 38.9 Å². The predicted octanol–water partition coefficient (Wildman–Crippen LogP) is 4.43. The Balaban J connectivity index is 2.57. The van der Waals surface area contributed by atoms with Crippen LogP contribution in [0.1, 0.15) is 30.3 Å². The molecule has 0 bridgehead atoms. The minimum atomic E-state index is -0.895. The van der Waals surface area contributed by atoms with Crippen molar-refractivity contribution < 1.29 is 8.78 Å². The molecule has 0 atom stereocenters. The van der Waals surface area contributed by atoms with Gasteiger partial charge in [0.2, 0.25) is 0 Å². The van der Waals surface area contributed by atoms with E-state index >= 15 is 0 Å². The summed E-state index contributed by atoms with van der Waals surface area (Å²) in [7, 11) is 0. The smallest absolute Gasteiger partial charge is 0.173 e. The summed E-state index contributed by atoms with van der Waals surface area (Å²) in [5, 5.41) is 0.648. The quantitative estimate of drug-likeness (QED) is 0.834. The zero-order chi connectivity index (χ0) is 14.2. The molecule has 2 N–H and O–H groups in total. The van der Waals surface area contributed by atoms with E-state index in [9.17, 15) is 8.78 Å². The van der Waals surface area contributed by atoms with Gasteiger partial charge in [0.15, 0.2) is 11.6 Å². The molecule has 6 heteroatoms. The highest BCUT2D eigenvalue weighted by molar-refractivity contribution is 9.10. The van der Waals surface area contributed by atoms with E-state index in [1.165, 1.54) is 17.4 Å². The van der Waals surface area contributed by atoms with Gasteiger partial charge in [-0.3, -0.25) is 0 Å². The van der Waals surface area contributed by atoms with E-state index in [4.69, 9.17) is 5.73 Å². The number of rotatable bonds is 3. The van der Waals surface area contributed by atoms with Gasteiger partial charge in [0.1, 0.15) is 5.01 Å². The molecule has 0 unspecified atom stereocenters. The number of nitrogens with zero attached hydrogens (tertiary/aromatic N) is 1. The Bertz CT molecular complexity index is 611. The third-order valence-corrected chi connectivity index (χ3v) is 4.63. The average Bonchev–Trinajstić information content (AvgIpc) is 2.80. The number of aromatic nitrogens is 1. The monoisotopic (exact) mass is 346 g/mol. The molecule has 2 aromatic rings. The summed E-state index contributed by atoms with van der Waals surface area (Å²) in [4.78, 5) is 5.48. The first kappa shape index (κ1) is 14.6. The zero-order valence-electron chi connectivity index (χ0n) is 10.5. The summed E-state index contributed by atoms with van der Waals surface area (Å²) in [5.74, 6) is -1.53. The number of hydrogen-bond acceptors (Lipinski definition) is 3. The van der Waals surface area contributed by atoms with Crippen molar-refractivity contribution in [2.45, 2.75) is 26.3 Å². The lowest BCUT2D eigenvalue weighted by atomic mass is 10.1. The average molecular weight is 347 g/mol.